The fourth-order valence-corrected chi connectivity index (χ4v) is 3.72. The molecule has 0 aliphatic carbocycles. The molecule has 0 atom stereocenters. The third-order valence-electron chi connectivity index (χ3n) is 4.08. The van der Waals surface area contributed by atoms with Crippen LogP contribution in [-0.4, -0.2) is 29.8 Å². The Morgan fingerprint density at radius 2 is 1.88 bits per heavy atom. The summed E-state index contributed by atoms with van der Waals surface area (Å²) >= 11 is 1.62. The Kier molecular flexibility index (Phi) is 4.53. The van der Waals surface area contributed by atoms with Gasteiger partial charge in [0, 0.05) is 12.4 Å². The molecule has 0 unspecified atom stereocenters. The average molecular weight is 362 g/mol. The molecule has 2 aromatic carbocycles. The molecule has 4 rings (SSSR count). The summed E-state index contributed by atoms with van der Waals surface area (Å²) in [7, 11) is 0. The number of imidazole rings is 1. The molecule has 0 saturated heterocycles. The van der Waals surface area contributed by atoms with E-state index in [1.165, 1.54) is 11.1 Å². The van der Waals surface area contributed by atoms with Crippen LogP contribution in [0, 0.1) is 13.8 Å². The van der Waals surface area contributed by atoms with Crippen molar-refractivity contribution in [3.8, 4) is 11.4 Å². The predicted molar refractivity (Wildman–Crippen MR) is 102 cm³/mol. The molecule has 0 amide bonds. The highest BCUT2D eigenvalue weighted by atomic mass is 32.2. The van der Waals surface area contributed by atoms with Gasteiger partial charge in [-0.1, -0.05) is 47.7 Å². The smallest absolute Gasteiger partial charge is 0.173 e. The van der Waals surface area contributed by atoms with Crippen LogP contribution in [0.5, 0.6) is 0 Å². The second-order valence-corrected chi connectivity index (χ2v) is 6.94. The molecular formula is C19H18N6S. The Morgan fingerprint density at radius 1 is 1.04 bits per heavy atom. The molecule has 0 bridgehead atoms. The molecule has 6 nitrogen and oxygen atoms in total. The predicted octanol–water partition coefficient (Wildman–Crippen LogP) is 3.76. The van der Waals surface area contributed by atoms with Crippen molar-refractivity contribution in [2.75, 3.05) is 0 Å². The lowest BCUT2D eigenvalue weighted by Gasteiger charge is -2.11. The number of aryl methyl sites for hydroxylation is 2. The van der Waals surface area contributed by atoms with E-state index in [2.05, 4.69) is 57.1 Å². The summed E-state index contributed by atoms with van der Waals surface area (Å²) < 4.78 is 3.87. The first-order valence-corrected chi connectivity index (χ1v) is 9.27. The zero-order chi connectivity index (χ0) is 17.9. The minimum absolute atomic E-state index is 0.629. The third kappa shape index (κ3) is 3.25. The Labute approximate surface area is 155 Å². The maximum absolute atomic E-state index is 4.51. The first-order chi connectivity index (χ1) is 12.7. The number of hydrogen-bond acceptors (Lipinski definition) is 5. The number of para-hydroxylation sites is 1. The normalized spacial score (nSPS) is 11.0. The van der Waals surface area contributed by atoms with Gasteiger partial charge in [0.2, 0.25) is 0 Å². The molecule has 0 fully saturated rings. The van der Waals surface area contributed by atoms with E-state index in [-0.39, 0.29) is 0 Å². The zero-order valence-electron chi connectivity index (χ0n) is 14.6. The molecule has 0 saturated carbocycles. The van der Waals surface area contributed by atoms with E-state index in [0.717, 1.165) is 22.4 Å². The quantitative estimate of drug-likeness (QED) is 0.506. The monoisotopic (exact) mass is 362 g/mol. The molecule has 2 heterocycles. The van der Waals surface area contributed by atoms with Crippen LogP contribution in [0.4, 0.5) is 0 Å². The fraction of sp³-hybridized carbons (Fsp3) is 0.158. The highest BCUT2D eigenvalue weighted by Gasteiger charge is 2.12. The number of hydrogen-bond donors (Lipinski definition) is 0. The van der Waals surface area contributed by atoms with Crippen molar-refractivity contribution in [2.24, 2.45) is 0 Å². The number of benzene rings is 2. The summed E-state index contributed by atoms with van der Waals surface area (Å²) in [6.07, 6.45) is 3.81. The van der Waals surface area contributed by atoms with Crippen molar-refractivity contribution >= 4 is 11.8 Å². The number of nitrogens with zero attached hydrogens (tertiary/aromatic N) is 6. The van der Waals surface area contributed by atoms with Gasteiger partial charge in [-0.15, -0.1) is 5.10 Å². The van der Waals surface area contributed by atoms with E-state index >= 15 is 0 Å². The van der Waals surface area contributed by atoms with Gasteiger partial charge >= 0.3 is 0 Å². The second-order valence-electron chi connectivity index (χ2n) is 6.00. The van der Waals surface area contributed by atoms with Gasteiger partial charge in [-0.2, -0.15) is 4.68 Å². The molecule has 7 heteroatoms. The maximum Gasteiger partial charge on any atom is 0.173 e. The van der Waals surface area contributed by atoms with Gasteiger partial charge in [-0.05, 0) is 48.0 Å². The van der Waals surface area contributed by atoms with Crippen molar-refractivity contribution in [3.05, 3.63) is 77.9 Å². The third-order valence-corrected chi connectivity index (χ3v) is 5.05. The van der Waals surface area contributed by atoms with Crippen molar-refractivity contribution < 1.29 is 0 Å². The molecule has 26 heavy (non-hydrogen) atoms. The minimum Gasteiger partial charge on any atom is -0.295 e. The topological polar surface area (TPSA) is 61.4 Å². The van der Waals surface area contributed by atoms with Crippen LogP contribution in [0.1, 0.15) is 17.0 Å². The number of thioether (sulfide) groups is 1. The van der Waals surface area contributed by atoms with E-state index < -0.39 is 0 Å². The summed E-state index contributed by atoms with van der Waals surface area (Å²) in [5.74, 6) is 1.42. The van der Waals surface area contributed by atoms with Gasteiger partial charge in [-0.3, -0.25) is 4.57 Å². The number of rotatable bonds is 5. The Bertz CT molecular complexity index is 1020. The molecule has 2 aromatic heterocycles. The summed E-state index contributed by atoms with van der Waals surface area (Å²) in [4.78, 5) is 4.51. The Balaban J connectivity index is 1.58. The van der Waals surface area contributed by atoms with Crippen LogP contribution in [0.3, 0.4) is 0 Å². The van der Waals surface area contributed by atoms with E-state index in [4.69, 9.17) is 0 Å². The summed E-state index contributed by atoms with van der Waals surface area (Å²) in [5.41, 5.74) is 4.56. The van der Waals surface area contributed by atoms with E-state index in [1.54, 1.807) is 16.4 Å². The average Bonchev–Trinajstić information content (AvgIpc) is 3.30. The van der Waals surface area contributed by atoms with Gasteiger partial charge < -0.3 is 0 Å². The number of tetrazole rings is 1. The maximum atomic E-state index is 4.51. The van der Waals surface area contributed by atoms with Gasteiger partial charge in [0.15, 0.2) is 11.0 Å². The van der Waals surface area contributed by atoms with Gasteiger partial charge in [0.05, 0.1) is 17.1 Å². The van der Waals surface area contributed by atoms with Crippen LogP contribution >= 0.6 is 11.8 Å². The van der Waals surface area contributed by atoms with Crippen LogP contribution in [0.15, 0.2) is 66.1 Å². The lowest BCUT2D eigenvalue weighted by molar-refractivity contribution is 0.777. The van der Waals surface area contributed by atoms with Crippen LogP contribution in [0.25, 0.3) is 11.4 Å². The lowest BCUT2D eigenvalue weighted by atomic mass is 10.1. The van der Waals surface area contributed by atoms with Crippen LogP contribution < -0.4 is 0 Å². The molecular weight excluding hydrogens is 344 g/mol. The van der Waals surface area contributed by atoms with Crippen molar-refractivity contribution in [3.63, 3.8) is 0 Å². The van der Waals surface area contributed by atoms with Gasteiger partial charge in [0.25, 0.3) is 0 Å². The lowest BCUT2D eigenvalue weighted by Crippen LogP contribution is -2.03. The van der Waals surface area contributed by atoms with E-state index in [1.807, 2.05) is 42.7 Å². The summed E-state index contributed by atoms with van der Waals surface area (Å²) in [6, 6.07) is 16.3. The fourth-order valence-electron chi connectivity index (χ4n) is 2.85. The number of aromatic nitrogens is 6. The first-order valence-electron chi connectivity index (χ1n) is 8.29. The Hall–Kier alpha value is -2.93. The molecule has 0 aliphatic rings. The van der Waals surface area contributed by atoms with Gasteiger partial charge in [-0.25, -0.2) is 4.98 Å². The zero-order valence-corrected chi connectivity index (χ0v) is 15.4. The SMILES string of the molecule is Cc1ccc(-n2ccnc2SCc2nnnn2-c2ccccc2)c(C)c1. The molecule has 130 valence electrons. The largest absolute Gasteiger partial charge is 0.295 e. The highest BCUT2D eigenvalue weighted by molar-refractivity contribution is 7.98. The molecule has 4 aromatic rings. The second kappa shape index (κ2) is 7.13. The molecule has 0 radical (unpaired) electrons. The van der Waals surface area contributed by atoms with Crippen molar-refractivity contribution in [2.45, 2.75) is 24.8 Å². The van der Waals surface area contributed by atoms with Crippen molar-refractivity contribution in [1.82, 2.24) is 29.8 Å². The van der Waals surface area contributed by atoms with Crippen LogP contribution in [0.2, 0.25) is 0 Å². The van der Waals surface area contributed by atoms with Crippen molar-refractivity contribution in [1.29, 1.82) is 0 Å². The first kappa shape index (κ1) is 16.5. The standard InChI is InChI=1S/C19H18N6S/c1-14-8-9-17(15(2)12-14)24-11-10-20-19(24)26-13-18-21-22-23-25(18)16-6-4-3-5-7-16/h3-12H,13H2,1-2H3. The van der Waals surface area contributed by atoms with E-state index in [0.29, 0.717) is 5.75 Å². The van der Waals surface area contributed by atoms with E-state index in [9.17, 15) is 0 Å². The highest BCUT2D eigenvalue weighted by Crippen LogP contribution is 2.26. The summed E-state index contributed by atoms with van der Waals surface area (Å²) in [5, 5.41) is 13.0. The van der Waals surface area contributed by atoms with Crippen LogP contribution in [-0.2, 0) is 5.75 Å². The molecule has 0 spiro atoms. The Morgan fingerprint density at radius 3 is 2.69 bits per heavy atom. The summed E-state index contributed by atoms with van der Waals surface area (Å²) in [6.45, 7) is 4.22. The van der Waals surface area contributed by atoms with Gasteiger partial charge in [0.1, 0.15) is 0 Å². The molecule has 0 aliphatic heterocycles. The minimum atomic E-state index is 0.629. The molecule has 0 N–H and O–H groups in total.